The van der Waals surface area contributed by atoms with E-state index >= 15 is 0 Å². The van der Waals surface area contributed by atoms with Gasteiger partial charge in [0, 0.05) is 12.1 Å². The third kappa shape index (κ3) is 5.61. The summed E-state index contributed by atoms with van der Waals surface area (Å²) in [7, 11) is 0. The van der Waals surface area contributed by atoms with Gasteiger partial charge in [-0.15, -0.1) is 11.3 Å². The van der Waals surface area contributed by atoms with E-state index in [0.717, 1.165) is 12.1 Å². The molecule has 0 unspecified atom stereocenters. The van der Waals surface area contributed by atoms with Gasteiger partial charge in [-0.2, -0.15) is 13.2 Å². The Morgan fingerprint density at radius 3 is 2.37 bits per heavy atom. The Labute approximate surface area is 179 Å². The summed E-state index contributed by atoms with van der Waals surface area (Å²) in [4.78, 5) is 25.1. The fourth-order valence-electron chi connectivity index (χ4n) is 2.64. The first-order valence-corrected chi connectivity index (χ1v) is 10.1. The van der Waals surface area contributed by atoms with Crippen LogP contribution in [0.15, 0.2) is 60.0 Å². The van der Waals surface area contributed by atoms with E-state index in [2.05, 4.69) is 10.6 Å². The number of anilines is 1. The number of hydrogen-bond donors (Lipinski definition) is 2. The Balaban J connectivity index is 1.58. The lowest BCUT2D eigenvalue weighted by Gasteiger charge is -2.10. The van der Waals surface area contributed by atoms with Gasteiger partial charge >= 0.3 is 6.18 Å². The van der Waals surface area contributed by atoms with Crippen molar-refractivity contribution in [2.75, 3.05) is 11.9 Å². The third-order valence-corrected chi connectivity index (χ3v) is 5.40. The maximum atomic E-state index is 12.6. The Morgan fingerprint density at radius 2 is 1.73 bits per heavy atom. The monoisotopic (exact) mass is 452 g/mol. The van der Waals surface area contributed by atoms with Crippen molar-refractivity contribution >= 4 is 40.4 Å². The van der Waals surface area contributed by atoms with Crippen LogP contribution in [0.2, 0.25) is 5.02 Å². The van der Waals surface area contributed by atoms with Crippen molar-refractivity contribution in [3.05, 3.63) is 86.6 Å². The van der Waals surface area contributed by atoms with Crippen LogP contribution in [0.3, 0.4) is 0 Å². The Bertz CT molecular complexity index is 1040. The summed E-state index contributed by atoms with van der Waals surface area (Å²) in [5.74, 6) is -0.711. The molecule has 0 aliphatic rings. The molecule has 0 bridgehead atoms. The van der Waals surface area contributed by atoms with E-state index in [1.807, 2.05) is 0 Å². The SMILES string of the molecule is O=C(NCCc1ccc(C(F)(F)F)cc1)c1ccc(Cl)c(NC(=O)c2cccs2)c1. The Hall–Kier alpha value is -2.84. The second-order valence-electron chi connectivity index (χ2n) is 6.33. The smallest absolute Gasteiger partial charge is 0.352 e. The molecule has 156 valence electrons. The molecule has 2 N–H and O–H groups in total. The predicted molar refractivity (Wildman–Crippen MR) is 111 cm³/mol. The first-order valence-electron chi connectivity index (χ1n) is 8.83. The highest BCUT2D eigenvalue weighted by atomic mass is 35.5. The number of hydrogen-bond acceptors (Lipinski definition) is 3. The lowest BCUT2D eigenvalue weighted by atomic mass is 10.1. The number of amides is 2. The number of alkyl halides is 3. The molecular weight excluding hydrogens is 437 g/mol. The van der Waals surface area contributed by atoms with E-state index in [1.54, 1.807) is 17.5 Å². The highest BCUT2D eigenvalue weighted by Gasteiger charge is 2.29. The molecule has 1 aromatic heterocycles. The summed E-state index contributed by atoms with van der Waals surface area (Å²) in [6.45, 7) is 0.240. The molecule has 0 fully saturated rings. The van der Waals surface area contributed by atoms with Crippen molar-refractivity contribution in [3.63, 3.8) is 0 Å². The van der Waals surface area contributed by atoms with Crippen LogP contribution in [0.5, 0.6) is 0 Å². The summed E-state index contributed by atoms with van der Waals surface area (Å²) in [5, 5.41) is 7.45. The highest BCUT2D eigenvalue weighted by molar-refractivity contribution is 7.12. The fourth-order valence-corrected chi connectivity index (χ4v) is 3.42. The summed E-state index contributed by atoms with van der Waals surface area (Å²) in [6.07, 6.45) is -4.00. The molecule has 0 atom stereocenters. The summed E-state index contributed by atoms with van der Waals surface area (Å²) in [5.41, 5.74) is 0.565. The van der Waals surface area contributed by atoms with Gasteiger partial charge in [-0.25, -0.2) is 0 Å². The first-order chi connectivity index (χ1) is 14.2. The molecule has 0 radical (unpaired) electrons. The lowest BCUT2D eigenvalue weighted by molar-refractivity contribution is -0.137. The molecule has 9 heteroatoms. The number of nitrogens with one attached hydrogen (secondary N) is 2. The number of carbonyl (C=O) groups is 2. The molecule has 1 heterocycles. The number of benzene rings is 2. The van der Waals surface area contributed by atoms with Gasteiger partial charge in [-0.3, -0.25) is 9.59 Å². The van der Waals surface area contributed by atoms with Crippen LogP contribution < -0.4 is 10.6 Å². The minimum absolute atomic E-state index is 0.240. The van der Waals surface area contributed by atoms with E-state index in [4.69, 9.17) is 11.6 Å². The van der Waals surface area contributed by atoms with Gasteiger partial charge < -0.3 is 10.6 Å². The molecule has 0 saturated carbocycles. The molecule has 2 amide bonds. The second kappa shape index (κ2) is 9.32. The van der Waals surface area contributed by atoms with E-state index in [0.29, 0.717) is 33.1 Å². The van der Waals surface area contributed by atoms with Crippen LogP contribution in [-0.2, 0) is 12.6 Å². The van der Waals surface area contributed by atoms with E-state index in [1.165, 1.54) is 41.7 Å². The van der Waals surface area contributed by atoms with Crippen molar-refractivity contribution in [1.29, 1.82) is 0 Å². The van der Waals surface area contributed by atoms with Crippen molar-refractivity contribution in [1.82, 2.24) is 5.32 Å². The normalized spacial score (nSPS) is 11.2. The minimum atomic E-state index is -4.38. The summed E-state index contributed by atoms with van der Waals surface area (Å²) in [6, 6.07) is 12.7. The number of carbonyl (C=O) groups excluding carboxylic acids is 2. The molecule has 0 saturated heterocycles. The van der Waals surface area contributed by atoms with Gasteiger partial charge in [0.05, 0.1) is 21.2 Å². The molecule has 3 rings (SSSR count). The van der Waals surface area contributed by atoms with Gasteiger partial charge in [0.1, 0.15) is 0 Å². The molecule has 0 aliphatic carbocycles. The third-order valence-electron chi connectivity index (χ3n) is 4.20. The van der Waals surface area contributed by atoms with Crippen LogP contribution in [0, 0.1) is 0 Å². The first kappa shape index (κ1) is 21.9. The molecule has 4 nitrogen and oxygen atoms in total. The molecular formula is C21H16ClF3N2O2S. The second-order valence-corrected chi connectivity index (χ2v) is 7.68. The van der Waals surface area contributed by atoms with Crippen molar-refractivity contribution < 1.29 is 22.8 Å². The lowest BCUT2D eigenvalue weighted by Crippen LogP contribution is -2.26. The van der Waals surface area contributed by atoms with Gasteiger partial charge in [0.2, 0.25) is 0 Å². The van der Waals surface area contributed by atoms with Gasteiger partial charge in [-0.1, -0.05) is 29.8 Å². The standard InChI is InChI=1S/C21H16ClF3N2O2S/c22-16-8-5-14(12-17(16)27-20(29)18-2-1-11-30-18)19(28)26-10-9-13-3-6-15(7-4-13)21(23,24)25/h1-8,11-12H,9-10H2,(H,26,28)(H,27,29). The summed E-state index contributed by atoms with van der Waals surface area (Å²) < 4.78 is 37.8. The van der Waals surface area contributed by atoms with E-state index < -0.39 is 11.7 Å². The Morgan fingerprint density at radius 1 is 1.00 bits per heavy atom. The number of thiophene rings is 1. The zero-order valence-corrected chi connectivity index (χ0v) is 17.0. The highest BCUT2D eigenvalue weighted by Crippen LogP contribution is 2.29. The van der Waals surface area contributed by atoms with Gasteiger partial charge in [-0.05, 0) is 53.8 Å². The quantitative estimate of drug-likeness (QED) is 0.508. The maximum Gasteiger partial charge on any atom is 0.416 e. The van der Waals surface area contributed by atoms with Gasteiger partial charge in [0.25, 0.3) is 11.8 Å². The van der Waals surface area contributed by atoms with E-state index in [9.17, 15) is 22.8 Å². The average molecular weight is 453 g/mol. The van der Waals surface area contributed by atoms with Crippen LogP contribution >= 0.6 is 22.9 Å². The Kier molecular flexibility index (Phi) is 6.79. The van der Waals surface area contributed by atoms with Crippen molar-refractivity contribution in [3.8, 4) is 0 Å². The van der Waals surface area contributed by atoms with Crippen molar-refractivity contribution in [2.45, 2.75) is 12.6 Å². The fraction of sp³-hybridized carbons (Fsp3) is 0.143. The number of rotatable bonds is 6. The molecule has 0 aliphatic heterocycles. The molecule has 0 spiro atoms. The topological polar surface area (TPSA) is 58.2 Å². The maximum absolute atomic E-state index is 12.6. The zero-order chi connectivity index (χ0) is 21.7. The van der Waals surface area contributed by atoms with Crippen LogP contribution in [0.1, 0.15) is 31.2 Å². The average Bonchev–Trinajstić information content (AvgIpc) is 3.24. The minimum Gasteiger partial charge on any atom is -0.352 e. The van der Waals surface area contributed by atoms with Crippen molar-refractivity contribution in [2.24, 2.45) is 0 Å². The van der Waals surface area contributed by atoms with Crippen LogP contribution in [0.4, 0.5) is 18.9 Å². The largest absolute Gasteiger partial charge is 0.416 e. The van der Waals surface area contributed by atoms with Gasteiger partial charge in [0.15, 0.2) is 0 Å². The molecule has 30 heavy (non-hydrogen) atoms. The predicted octanol–water partition coefficient (Wildman–Crippen LogP) is 5.65. The van der Waals surface area contributed by atoms with E-state index in [-0.39, 0.29) is 18.4 Å². The molecule has 2 aromatic carbocycles. The van der Waals surface area contributed by atoms with Crippen LogP contribution in [-0.4, -0.2) is 18.4 Å². The summed E-state index contributed by atoms with van der Waals surface area (Å²) >= 11 is 7.39. The zero-order valence-electron chi connectivity index (χ0n) is 15.4. The molecule has 3 aromatic rings. The van der Waals surface area contributed by atoms with Crippen LogP contribution in [0.25, 0.3) is 0 Å². The number of halogens is 4.